The van der Waals surface area contributed by atoms with Gasteiger partial charge in [0.15, 0.2) is 5.60 Å². The van der Waals surface area contributed by atoms with E-state index in [-0.39, 0.29) is 38.1 Å². The van der Waals surface area contributed by atoms with E-state index in [0.29, 0.717) is 0 Å². The van der Waals surface area contributed by atoms with Crippen LogP contribution in [-0.2, 0) is 28.2 Å². The van der Waals surface area contributed by atoms with E-state index in [2.05, 4.69) is 51.6 Å². The number of esters is 1. The number of ether oxygens (including phenoxy) is 4. The van der Waals surface area contributed by atoms with Crippen LogP contribution < -0.4 is 10.4 Å². The number of hydrogen-bond acceptors (Lipinski definition) is 7. The predicted molar refractivity (Wildman–Crippen MR) is 154 cm³/mol. The van der Waals surface area contributed by atoms with Gasteiger partial charge in [-0.05, 0) is 27.9 Å². The monoisotopic (exact) mass is 554 g/mol. The van der Waals surface area contributed by atoms with Crippen LogP contribution in [0, 0.1) is 5.92 Å². The minimum absolute atomic E-state index is 0.0203. The van der Waals surface area contributed by atoms with Gasteiger partial charge < -0.3 is 28.5 Å². The first-order valence-corrected chi connectivity index (χ1v) is 15.2. The highest BCUT2D eigenvalue weighted by atomic mass is 28.4. The summed E-state index contributed by atoms with van der Waals surface area (Å²) < 4.78 is 28.9. The number of hydrogen-bond donors (Lipinski definition) is 1. The number of aliphatic hydroxyl groups is 1. The van der Waals surface area contributed by atoms with Gasteiger partial charge in [0.05, 0.1) is 38.1 Å². The standard InChI is InChI=1S/C31H42O7Si/c1-7-35-22-27-28(37-23-34-6)19-24(20-31(27,33)29(32)36-8-2)21-38-39(30(3,4)5,25-15-11-9-12-16-25)26-17-13-10-14-18-26/h7,9-19,27-28,33H,1,8,20-23H2,2-6H3/t27-,28+,31+/m1/s1. The molecule has 1 aliphatic rings. The molecule has 0 heterocycles. The molecule has 3 atom stereocenters. The molecule has 7 nitrogen and oxygen atoms in total. The van der Waals surface area contributed by atoms with Gasteiger partial charge in [-0.1, -0.05) is 94.1 Å². The van der Waals surface area contributed by atoms with Crippen molar-refractivity contribution in [2.75, 3.05) is 33.7 Å². The molecule has 2 aromatic rings. The number of carbonyl (C=O) groups is 1. The second-order valence-electron chi connectivity index (χ2n) is 10.7. The SMILES string of the molecule is C=COC[C@@H]1[C@@H](OCOC)C=C(CO[Si](c2ccccc2)(c2ccccc2)C(C)(C)C)C[C@@]1(O)C(=O)OCC. The van der Waals surface area contributed by atoms with Gasteiger partial charge in [0.1, 0.15) is 6.79 Å². The number of rotatable bonds is 13. The molecule has 8 heteroatoms. The molecule has 1 aliphatic carbocycles. The van der Waals surface area contributed by atoms with Crippen LogP contribution in [0.25, 0.3) is 0 Å². The molecule has 39 heavy (non-hydrogen) atoms. The van der Waals surface area contributed by atoms with Crippen LogP contribution in [0.2, 0.25) is 5.04 Å². The normalized spacial score (nSPS) is 21.6. The molecular formula is C31H42O7Si. The van der Waals surface area contributed by atoms with Crippen molar-refractivity contribution in [3.8, 4) is 0 Å². The summed E-state index contributed by atoms with van der Waals surface area (Å²) in [6, 6.07) is 20.7. The molecule has 0 unspecified atom stereocenters. The molecule has 0 saturated heterocycles. The number of methoxy groups -OCH3 is 1. The van der Waals surface area contributed by atoms with Crippen molar-refractivity contribution in [1.82, 2.24) is 0 Å². The Morgan fingerprint density at radius 2 is 1.69 bits per heavy atom. The Morgan fingerprint density at radius 1 is 1.10 bits per heavy atom. The van der Waals surface area contributed by atoms with Crippen molar-refractivity contribution in [3.63, 3.8) is 0 Å². The van der Waals surface area contributed by atoms with Gasteiger partial charge in [-0.3, -0.25) is 0 Å². The molecule has 212 valence electrons. The summed E-state index contributed by atoms with van der Waals surface area (Å²) in [5.41, 5.74) is -1.13. The average Bonchev–Trinajstić information content (AvgIpc) is 2.92. The van der Waals surface area contributed by atoms with Crippen LogP contribution in [-0.4, -0.2) is 64.8 Å². The predicted octanol–water partition coefficient (Wildman–Crippen LogP) is 3.95. The molecule has 1 N–H and O–H groups in total. The summed E-state index contributed by atoms with van der Waals surface area (Å²) in [7, 11) is -1.33. The topological polar surface area (TPSA) is 83.5 Å². The zero-order valence-corrected chi connectivity index (χ0v) is 24.7. The van der Waals surface area contributed by atoms with Crippen molar-refractivity contribution < 1.29 is 33.3 Å². The summed E-state index contributed by atoms with van der Waals surface area (Å²) in [5.74, 6) is -1.45. The summed E-state index contributed by atoms with van der Waals surface area (Å²) in [6.45, 7) is 12.3. The summed E-state index contributed by atoms with van der Waals surface area (Å²) in [4.78, 5) is 13.2. The van der Waals surface area contributed by atoms with E-state index < -0.39 is 31.9 Å². The summed E-state index contributed by atoms with van der Waals surface area (Å²) >= 11 is 0. The van der Waals surface area contributed by atoms with Crippen molar-refractivity contribution in [3.05, 3.63) is 85.2 Å². The minimum atomic E-state index is -2.85. The zero-order valence-electron chi connectivity index (χ0n) is 23.7. The van der Waals surface area contributed by atoms with Crippen LogP contribution in [0.5, 0.6) is 0 Å². The molecule has 0 amide bonds. The molecule has 0 fully saturated rings. The lowest BCUT2D eigenvalue weighted by molar-refractivity contribution is -0.187. The Bertz CT molecular complexity index is 1060. The number of benzene rings is 2. The third-order valence-electron chi connectivity index (χ3n) is 7.20. The average molecular weight is 555 g/mol. The van der Waals surface area contributed by atoms with Gasteiger partial charge in [0.2, 0.25) is 0 Å². The lowest BCUT2D eigenvalue weighted by Gasteiger charge is -2.45. The molecule has 0 spiro atoms. The second-order valence-corrected chi connectivity index (χ2v) is 15.0. The maximum atomic E-state index is 13.2. The number of carbonyl (C=O) groups excluding carboxylic acids is 1. The molecular weight excluding hydrogens is 512 g/mol. The highest BCUT2D eigenvalue weighted by Gasteiger charge is 2.54. The van der Waals surface area contributed by atoms with Crippen molar-refractivity contribution in [1.29, 1.82) is 0 Å². The highest BCUT2D eigenvalue weighted by Crippen LogP contribution is 2.40. The van der Waals surface area contributed by atoms with Crippen LogP contribution in [0.15, 0.2) is 85.2 Å². The van der Waals surface area contributed by atoms with Gasteiger partial charge >= 0.3 is 5.97 Å². The minimum Gasteiger partial charge on any atom is -0.501 e. The van der Waals surface area contributed by atoms with E-state index in [1.807, 2.05) is 42.5 Å². The molecule has 0 saturated carbocycles. The lowest BCUT2D eigenvalue weighted by atomic mass is 9.74. The highest BCUT2D eigenvalue weighted by molar-refractivity contribution is 6.99. The summed E-state index contributed by atoms with van der Waals surface area (Å²) in [6.07, 6.45) is 2.55. The van der Waals surface area contributed by atoms with E-state index in [1.54, 1.807) is 6.92 Å². The third-order valence-corrected chi connectivity index (χ3v) is 12.2. The Balaban J connectivity index is 2.07. The fourth-order valence-electron chi connectivity index (χ4n) is 5.41. The Labute approximate surface area is 233 Å². The van der Waals surface area contributed by atoms with E-state index in [9.17, 15) is 9.90 Å². The third kappa shape index (κ3) is 6.70. The Hall–Kier alpha value is -2.75. The first-order valence-electron chi connectivity index (χ1n) is 13.3. The van der Waals surface area contributed by atoms with Crippen molar-refractivity contribution in [2.45, 2.75) is 50.9 Å². The largest absolute Gasteiger partial charge is 0.501 e. The van der Waals surface area contributed by atoms with E-state index in [4.69, 9.17) is 23.4 Å². The second kappa shape index (κ2) is 13.5. The zero-order chi connectivity index (χ0) is 28.5. The Kier molecular flexibility index (Phi) is 10.7. The van der Waals surface area contributed by atoms with Gasteiger partial charge in [-0.15, -0.1) is 0 Å². The Morgan fingerprint density at radius 3 is 2.18 bits per heavy atom. The van der Waals surface area contributed by atoms with Gasteiger partial charge in [0, 0.05) is 13.5 Å². The molecule has 0 radical (unpaired) electrons. The maximum absolute atomic E-state index is 13.2. The van der Waals surface area contributed by atoms with Crippen LogP contribution in [0.1, 0.15) is 34.1 Å². The van der Waals surface area contributed by atoms with Crippen molar-refractivity contribution >= 4 is 24.7 Å². The van der Waals surface area contributed by atoms with E-state index in [0.717, 1.165) is 15.9 Å². The first-order chi connectivity index (χ1) is 18.6. The van der Waals surface area contributed by atoms with Gasteiger partial charge in [-0.2, -0.15) is 0 Å². The van der Waals surface area contributed by atoms with Crippen LogP contribution >= 0.6 is 0 Å². The molecule has 2 aromatic carbocycles. The first kappa shape index (κ1) is 30.8. The molecule has 3 rings (SSSR count). The van der Waals surface area contributed by atoms with E-state index in [1.165, 1.54) is 13.4 Å². The van der Waals surface area contributed by atoms with Crippen LogP contribution in [0.4, 0.5) is 0 Å². The van der Waals surface area contributed by atoms with Crippen LogP contribution in [0.3, 0.4) is 0 Å². The quantitative estimate of drug-likeness (QED) is 0.132. The fourth-order valence-corrected chi connectivity index (χ4v) is 9.97. The lowest BCUT2D eigenvalue weighted by Crippen LogP contribution is -2.67. The molecule has 0 aromatic heterocycles. The van der Waals surface area contributed by atoms with Gasteiger partial charge in [0.25, 0.3) is 8.32 Å². The van der Waals surface area contributed by atoms with Crippen molar-refractivity contribution in [2.24, 2.45) is 5.92 Å². The van der Waals surface area contributed by atoms with E-state index >= 15 is 0 Å². The smallest absolute Gasteiger partial charge is 0.338 e. The molecule has 0 aliphatic heterocycles. The maximum Gasteiger partial charge on any atom is 0.338 e. The fraction of sp³-hybridized carbons (Fsp3) is 0.452. The van der Waals surface area contributed by atoms with Gasteiger partial charge in [-0.25, -0.2) is 4.79 Å². The molecule has 0 bridgehead atoms. The summed E-state index contributed by atoms with van der Waals surface area (Å²) in [5, 5.41) is 13.9.